The second-order valence-electron chi connectivity index (χ2n) is 22.5. The minimum absolute atomic E-state index is 0. The summed E-state index contributed by atoms with van der Waals surface area (Å²) in [5.41, 5.74) is 27.2. The van der Waals surface area contributed by atoms with Crippen LogP contribution in [0.3, 0.4) is 0 Å². The van der Waals surface area contributed by atoms with Gasteiger partial charge in [-0.05, 0) is 172 Å². The van der Waals surface area contributed by atoms with Gasteiger partial charge in [0.15, 0.2) is 24.8 Å². The average Bonchev–Trinajstić information content (AvgIpc) is 0.781. The summed E-state index contributed by atoms with van der Waals surface area (Å²) in [6.07, 6.45) is 7.71. The van der Waals surface area contributed by atoms with Gasteiger partial charge in [-0.3, -0.25) is 0 Å². The van der Waals surface area contributed by atoms with Gasteiger partial charge >= 0.3 is 0 Å². The van der Waals surface area contributed by atoms with Gasteiger partial charge in [0.1, 0.15) is 28.2 Å². The van der Waals surface area contributed by atoms with Crippen LogP contribution in [0, 0.1) is 69.0 Å². The van der Waals surface area contributed by atoms with E-state index >= 15 is 0 Å². The van der Waals surface area contributed by atoms with E-state index in [0.29, 0.717) is 16.7 Å². The van der Waals surface area contributed by atoms with Crippen LogP contribution in [-0.4, -0.2) is 0 Å². The monoisotopic (exact) mass is 1200 g/mol. The van der Waals surface area contributed by atoms with Crippen molar-refractivity contribution in [1.82, 2.24) is 0 Å². The lowest BCUT2D eigenvalue weighted by Gasteiger charge is -2.10. The lowest BCUT2D eigenvalue weighted by molar-refractivity contribution is -0.660. The number of benzene rings is 8. The number of aryl methyl sites for hydroxylation is 14. The number of rotatable bonds is 8. The molecule has 0 N–H and O–H groups in total. The van der Waals surface area contributed by atoms with E-state index in [1.54, 1.807) is 48.3 Å². The van der Waals surface area contributed by atoms with Crippen molar-refractivity contribution in [2.75, 3.05) is 0 Å². The molecular formula is C86H100N4+4. The molecule has 0 spiro atoms. The lowest BCUT2D eigenvalue weighted by Crippen LogP contribution is -2.31. The van der Waals surface area contributed by atoms with E-state index in [9.17, 15) is 0 Å². The molecule has 0 bridgehead atoms. The smallest absolute Gasteiger partial charge is 0.201 e. The topological polar surface area (TPSA) is 15.5 Å². The van der Waals surface area contributed by atoms with Crippen molar-refractivity contribution in [3.8, 4) is 89.5 Å². The lowest BCUT2D eigenvalue weighted by atomic mass is 9.97. The zero-order valence-corrected chi connectivity index (χ0v) is 51.5. The quantitative estimate of drug-likeness (QED) is 0.135. The highest BCUT2D eigenvalue weighted by Gasteiger charge is 2.20. The Morgan fingerprint density at radius 3 is 0.944 bits per heavy atom. The van der Waals surface area contributed by atoms with Crippen LogP contribution in [0.15, 0.2) is 255 Å². The van der Waals surface area contributed by atoms with E-state index in [-0.39, 0.29) is 35.3 Å². The molecule has 460 valence electrons. The van der Waals surface area contributed by atoms with Gasteiger partial charge in [0.25, 0.3) is 0 Å². The van der Waals surface area contributed by atoms with Crippen LogP contribution >= 0.6 is 0 Å². The van der Waals surface area contributed by atoms with Gasteiger partial charge in [-0.2, -0.15) is 0 Å². The molecule has 0 aliphatic rings. The first-order chi connectivity index (χ1) is 45.0. The van der Waals surface area contributed by atoms with Crippen molar-refractivity contribution in [3.05, 3.63) is 311 Å². The van der Waals surface area contributed by atoms with Crippen molar-refractivity contribution in [2.24, 2.45) is 28.2 Å². The molecule has 4 heterocycles. The van der Waals surface area contributed by atoms with Crippen molar-refractivity contribution in [1.29, 1.82) is 0 Å². The second kappa shape index (κ2) is 32.5. The molecule has 12 aromatic rings. The number of hydrogen-bond acceptors (Lipinski definition) is 0. The fourth-order valence-corrected chi connectivity index (χ4v) is 11.2. The number of pyridine rings is 4. The molecule has 4 aromatic heterocycles. The third-order valence-electron chi connectivity index (χ3n) is 15.7. The highest BCUT2D eigenvalue weighted by Crippen LogP contribution is 2.32. The van der Waals surface area contributed by atoms with Crippen LogP contribution in [0.4, 0.5) is 0 Å². The number of aromatic nitrogens is 4. The zero-order valence-electron chi connectivity index (χ0n) is 60.5. The average molecular weight is 1200 g/mol. The standard InChI is InChI=1S/2C21H22N.2C20H20N.4CH4/c2*1-15-10-11-19(16(2)12-15)21-13-20(17(3)14-22(21)4)18-8-6-5-7-9-18;2*1-15-9-12-20(21(3)14-15)19-11-10-18(13-16(19)2)17-7-5-4-6-8-17;;;;/h2*5-14H,1-4H3;2*4-14H,1-3H3;4*1H4/q4*+1;;;;/i1D3,3D3;;1D3;;;;;. The Balaban J connectivity index is 0.000000236. The van der Waals surface area contributed by atoms with Crippen LogP contribution in [0.2, 0.25) is 0 Å². The van der Waals surface area contributed by atoms with Crippen LogP contribution in [-0.2, 0) is 28.2 Å². The zero-order chi connectivity index (χ0) is 68.5. The first-order valence-corrected chi connectivity index (χ1v) is 29.2. The first kappa shape index (κ1) is 58.1. The molecule has 0 atom stereocenters. The summed E-state index contributed by atoms with van der Waals surface area (Å²) in [6.45, 7) is 8.26. The van der Waals surface area contributed by atoms with Gasteiger partial charge in [0.2, 0.25) is 22.8 Å². The molecule has 0 saturated carbocycles. The van der Waals surface area contributed by atoms with Crippen LogP contribution in [0.25, 0.3) is 89.5 Å². The highest BCUT2D eigenvalue weighted by molar-refractivity contribution is 5.75. The first-order valence-electron chi connectivity index (χ1n) is 33.7. The molecule has 0 aliphatic heterocycles. The Kier molecular flexibility index (Phi) is 21.0. The predicted molar refractivity (Wildman–Crippen MR) is 388 cm³/mol. The molecular weight excluding hydrogens is 1090 g/mol. The molecule has 8 aromatic carbocycles. The molecule has 90 heavy (non-hydrogen) atoms. The Labute approximate surface area is 555 Å². The fourth-order valence-electron chi connectivity index (χ4n) is 11.2. The largest absolute Gasteiger partial charge is 0.213 e. The van der Waals surface area contributed by atoms with Crippen LogP contribution in [0.5, 0.6) is 0 Å². The van der Waals surface area contributed by atoms with Gasteiger partial charge in [0, 0.05) is 81.1 Å². The Morgan fingerprint density at radius 2 is 0.544 bits per heavy atom. The van der Waals surface area contributed by atoms with Gasteiger partial charge < -0.3 is 0 Å². The molecule has 12 rings (SSSR count). The summed E-state index contributed by atoms with van der Waals surface area (Å²) >= 11 is 0. The van der Waals surface area contributed by atoms with Gasteiger partial charge in [-0.1, -0.05) is 211 Å². The van der Waals surface area contributed by atoms with E-state index in [2.05, 4.69) is 223 Å². The molecule has 0 saturated heterocycles. The van der Waals surface area contributed by atoms with E-state index in [0.717, 1.165) is 39.2 Å². The SMILES string of the molecule is C.C.C.C.Cc1ccc(-c2cc(-c3ccccc3)c(C)c[n+]2C)c(C)c1.Cc1ccc(-c2ccc(-c3ccccc3)cc2C)[n+](C)c1.[2H]C([2H])([2H])c1ccc(-c2cc(-c3ccccc3)c(C([2H])([2H])[2H])c[n+]2C)c(C)c1.[2H]C([2H])([2H])c1ccc(-c2ccc(-c3ccccc3)cc2C)[n+](C)c1. The minimum atomic E-state index is -2.25. The molecule has 0 radical (unpaired) electrons. The highest BCUT2D eigenvalue weighted by atomic mass is 14.9. The molecule has 0 fully saturated rings. The van der Waals surface area contributed by atoms with Gasteiger partial charge in [-0.25, -0.2) is 18.3 Å². The van der Waals surface area contributed by atoms with E-state index < -0.39 is 20.6 Å². The summed E-state index contributed by atoms with van der Waals surface area (Å²) < 4.78 is 77.3. The maximum atomic E-state index is 7.93. The van der Waals surface area contributed by atoms with E-state index in [1.807, 2.05) is 79.2 Å². The summed E-state index contributed by atoms with van der Waals surface area (Å²) in [5, 5.41) is 0. The minimum Gasteiger partial charge on any atom is -0.201 e. The third-order valence-corrected chi connectivity index (χ3v) is 15.7. The normalized spacial score (nSPS) is 12.1. The maximum Gasteiger partial charge on any atom is 0.213 e. The third kappa shape index (κ3) is 17.4. The van der Waals surface area contributed by atoms with Crippen molar-refractivity contribution in [3.63, 3.8) is 0 Å². The molecule has 0 unspecified atom stereocenters. The summed E-state index contributed by atoms with van der Waals surface area (Å²) in [7, 11) is 7.91. The Bertz CT molecular complexity index is 4660. The molecule has 4 nitrogen and oxygen atoms in total. The maximum absolute atomic E-state index is 7.93. The van der Waals surface area contributed by atoms with Crippen LogP contribution < -0.4 is 18.3 Å². The van der Waals surface area contributed by atoms with Crippen molar-refractivity contribution in [2.45, 2.75) is 98.7 Å². The summed E-state index contributed by atoms with van der Waals surface area (Å²) in [6, 6.07) is 77.7. The second-order valence-corrected chi connectivity index (χ2v) is 22.5. The van der Waals surface area contributed by atoms with Gasteiger partial charge in [0.05, 0.1) is 0 Å². The number of nitrogens with zero attached hydrogens (tertiary/aromatic N) is 4. The van der Waals surface area contributed by atoms with Crippen molar-refractivity contribution < 1.29 is 30.6 Å². The fraction of sp³-hybridized carbons (Fsp3) is 0.209. The molecule has 4 heteroatoms. The summed E-state index contributed by atoms with van der Waals surface area (Å²) in [5.74, 6) is 0. The Hall–Kier alpha value is -9.64. The molecule has 0 amide bonds. The van der Waals surface area contributed by atoms with E-state index in [1.165, 1.54) is 83.7 Å². The van der Waals surface area contributed by atoms with Crippen LogP contribution in [0.1, 0.15) is 97.7 Å². The summed E-state index contributed by atoms with van der Waals surface area (Å²) in [4.78, 5) is 0. The van der Waals surface area contributed by atoms with E-state index in [4.69, 9.17) is 12.3 Å². The molecule has 0 aliphatic carbocycles. The van der Waals surface area contributed by atoms with Crippen molar-refractivity contribution >= 4 is 0 Å². The Morgan fingerprint density at radius 1 is 0.222 bits per heavy atom. The number of hydrogen-bond donors (Lipinski definition) is 0. The van der Waals surface area contributed by atoms with Gasteiger partial charge in [-0.15, -0.1) is 0 Å². The predicted octanol–water partition coefficient (Wildman–Crippen LogP) is 21.0.